The number of fused-ring (bicyclic) bond motifs is 1. The first-order valence-electron chi connectivity index (χ1n) is 6.72. The highest BCUT2D eigenvalue weighted by Gasteiger charge is 2.15. The second kappa shape index (κ2) is 5.82. The average Bonchev–Trinajstić information content (AvgIpc) is 2.44. The van der Waals surface area contributed by atoms with Crippen molar-refractivity contribution in [1.29, 1.82) is 0 Å². The third-order valence-corrected chi connectivity index (χ3v) is 3.22. The molecule has 0 saturated carbocycles. The van der Waals surface area contributed by atoms with Crippen LogP contribution in [0.25, 0.3) is 17.1 Å². The summed E-state index contributed by atoms with van der Waals surface area (Å²) in [6.45, 7) is 6.03. The fraction of sp³-hybridized carbons (Fsp3) is 0.312. The van der Waals surface area contributed by atoms with Crippen molar-refractivity contribution in [3.63, 3.8) is 0 Å². The molecule has 1 amide bonds. The molecule has 0 aliphatic carbocycles. The van der Waals surface area contributed by atoms with E-state index in [0.29, 0.717) is 5.69 Å². The van der Waals surface area contributed by atoms with Crippen molar-refractivity contribution >= 4 is 23.0 Å². The molecular formula is C16H19N3O. The highest BCUT2D eigenvalue weighted by atomic mass is 16.1. The van der Waals surface area contributed by atoms with Crippen LogP contribution in [0.3, 0.4) is 0 Å². The van der Waals surface area contributed by atoms with Crippen molar-refractivity contribution in [2.45, 2.75) is 32.7 Å². The number of nitrogens with one attached hydrogen (secondary N) is 1. The van der Waals surface area contributed by atoms with Gasteiger partial charge in [0.05, 0.1) is 22.9 Å². The predicted molar refractivity (Wildman–Crippen MR) is 81.1 cm³/mol. The molecule has 0 aliphatic rings. The van der Waals surface area contributed by atoms with Crippen LogP contribution >= 0.6 is 0 Å². The molecular weight excluding hydrogens is 250 g/mol. The van der Waals surface area contributed by atoms with E-state index in [-0.39, 0.29) is 11.4 Å². The zero-order valence-electron chi connectivity index (χ0n) is 12.1. The molecule has 1 aromatic carbocycles. The van der Waals surface area contributed by atoms with E-state index in [1.54, 1.807) is 12.3 Å². The van der Waals surface area contributed by atoms with E-state index in [4.69, 9.17) is 0 Å². The van der Waals surface area contributed by atoms with E-state index in [0.717, 1.165) is 17.5 Å². The number of rotatable bonds is 4. The Labute approximate surface area is 118 Å². The number of aromatic nitrogens is 2. The smallest absolute Gasteiger partial charge is 0.244 e. The van der Waals surface area contributed by atoms with E-state index in [9.17, 15) is 4.79 Å². The molecule has 0 bridgehead atoms. The molecule has 20 heavy (non-hydrogen) atoms. The molecule has 0 aliphatic heterocycles. The zero-order valence-corrected chi connectivity index (χ0v) is 12.1. The van der Waals surface area contributed by atoms with Crippen LogP contribution in [0.4, 0.5) is 0 Å². The first-order valence-corrected chi connectivity index (χ1v) is 6.72. The van der Waals surface area contributed by atoms with Crippen LogP contribution in [0, 0.1) is 0 Å². The summed E-state index contributed by atoms with van der Waals surface area (Å²) in [5.74, 6) is -0.119. The summed E-state index contributed by atoms with van der Waals surface area (Å²) in [5, 5.41) is 2.94. The summed E-state index contributed by atoms with van der Waals surface area (Å²) < 4.78 is 0. The van der Waals surface area contributed by atoms with E-state index < -0.39 is 0 Å². The molecule has 1 heterocycles. The Balaban J connectivity index is 2.11. The van der Waals surface area contributed by atoms with E-state index in [1.165, 1.54) is 6.08 Å². The van der Waals surface area contributed by atoms with Gasteiger partial charge in [0.1, 0.15) is 0 Å². The van der Waals surface area contributed by atoms with Crippen molar-refractivity contribution < 1.29 is 4.79 Å². The summed E-state index contributed by atoms with van der Waals surface area (Å²) in [4.78, 5) is 20.5. The topological polar surface area (TPSA) is 54.9 Å². The summed E-state index contributed by atoms with van der Waals surface area (Å²) in [6.07, 6.45) is 5.72. The SMILES string of the molecule is CCC(C)(C)NC(=O)/C=C/c1cnc2ccccc2n1. The number of carbonyl (C=O) groups is 1. The largest absolute Gasteiger partial charge is 0.348 e. The van der Waals surface area contributed by atoms with E-state index in [2.05, 4.69) is 15.3 Å². The van der Waals surface area contributed by atoms with Gasteiger partial charge in [0.15, 0.2) is 0 Å². The minimum Gasteiger partial charge on any atom is -0.348 e. The van der Waals surface area contributed by atoms with Gasteiger partial charge in [-0.25, -0.2) is 4.98 Å². The van der Waals surface area contributed by atoms with Gasteiger partial charge in [-0.1, -0.05) is 19.1 Å². The Kier molecular flexibility index (Phi) is 4.13. The summed E-state index contributed by atoms with van der Waals surface area (Å²) in [6, 6.07) is 7.65. The van der Waals surface area contributed by atoms with Gasteiger partial charge in [-0.15, -0.1) is 0 Å². The Morgan fingerprint density at radius 3 is 2.70 bits per heavy atom. The summed E-state index contributed by atoms with van der Waals surface area (Å²) in [5.41, 5.74) is 2.15. The predicted octanol–water partition coefficient (Wildman–Crippen LogP) is 2.95. The van der Waals surface area contributed by atoms with Crippen LogP contribution in [0.5, 0.6) is 0 Å². The second-order valence-corrected chi connectivity index (χ2v) is 5.34. The maximum Gasteiger partial charge on any atom is 0.244 e. The molecule has 1 N–H and O–H groups in total. The minimum atomic E-state index is -0.198. The lowest BCUT2D eigenvalue weighted by molar-refractivity contribution is -0.117. The molecule has 0 radical (unpaired) electrons. The number of carbonyl (C=O) groups excluding carboxylic acids is 1. The number of benzene rings is 1. The summed E-state index contributed by atoms with van der Waals surface area (Å²) >= 11 is 0. The maximum atomic E-state index is 11.8. The quantitative estimate of drug-likeness (QED) is 0.868. The zero-order chi connectivity index (χ0) is 14.6. The molecule has 4 heteroatoms. The highest BCUT2D eigenvalue weighted by molar-refractivity contribution is 5.92. The van der Waals surface area contributed by atoms with Crippen molar-refractivity contribution in [3.05, 3.63) is 42.2 Å². The number of para-hydroxylation sites is 2. The standard InChI is InChI=1S/C16H19N3O/c1-4-16(2,3)19-15(20)10-9-12-11-17-13-7-5-6-8-14(13)18-12/h5-11H,4H2,1-3H3,(H,19,20)/b10-9+. The molecule has 1 aromatic heterocycles. The lowest BCUT2D eigenvalue weighted by atomic mass is 10.0. The first kappa shape index (κ1) is 14.2. The van der Waals surface area contributed by atoms with Crippen molar-refractivity contribution in [2.75, 3.05) is 0 Å². The van der Waals surface area contributed by atoms with Crippen LogP contribution in [-0.2, 0) is 4.79 Å². The molecule has 0 unspecified atom stereocenters. The molecule has 0 fully saturated rings. The first-order chi connectivity index (χ1) is 9.50. The monoisotopic (exact) mass is 269 g/mol. The molecule has 0 atom stereocenters. The third kappa shape index (κ3) is 3.63. The van der Waals surface area contributed by atoms with Crippen LogP contribution in [0.15, 0.2) is 36.5 Å². The number of hydrogen-bond acceptors (Lipinski definition) is 3. The number of amides is 1. The number of nitrogens with zero attached hydrogens (tertiary/aromatic N) is 2. The van der Waals surface area contributed by atoms with Crippen molar-refractivity contribution in [1.82, 2.24) is 15.3 Å². The van der Waals surface area contributed by atoms with Gasteiger partial charge < -0.3 is 5.32 Å². The highest BCUT2D eigenvalue weighted by Crippen LogP contribution is 2.10. The molecule has 0 saturated heterocycles. The fourth-order valence-corrected chi connectivity index (χ4v) is 1.68. The van der Waals surface area contributed by atoms with E-state index in [1.807, 2.05) is 45.0 Å². The van der Waals surface area contributed by atoms with Gasteiger partial charge in [-0.3, -0.25) is 9.78 Å². The van der Waals surface area contributed by atoms with Gasteiger partial charge >= 0.3 is 0 Å². The van der Waals surface area contributed by atoms with Crippen molar-refractivity contribution in [2.24, 2.45) is 0 Å². The molecule has 4 nitrogen and oxygen atoms in total. The lowest BCUT2D eigenvalue weighted by Gasteiger charge is -2.23. The molecule has 0 spiro atoms. The van der Waals surface area contributed by atoms with Gasteiger partial charge in [0.25, 0.3) is 0 Å². The van der Waals surface area contributed by atoms with Crippen LogP contribution < -0.4 is 5.32 Å². The Hall–Kier alpha value is -2.23. The number of hydrogen-bond donors (Lipinski definition) is 1. The second-order valence-electron chi connectivity index (χ2n) is 5.34. The van der Waals surface area contributed by atoms with Crippen LogP contribution in [0.2, 0.25) is 0 Å². The van der Waals surface area contributed by atoms with Crippen LogP contribution in [0.1, 0.15) is 32.9 Å². The fourth-order valence-electron chi connectivity index (χ4n) is 1.68. The average molecular weight is 269 g/mol. The molecule has 2 aromatic rings. The maximum absolute atomic E-state index is 11.8. The Morgan fingerprint density at radius 1 is 1.30 bits per heavy atom. The molecule has 2 rings (SSSR count). The van der Waals surface area contributed by atoms with Gasteiger partial charge in [0.2, 0.25) is 5.91 Å². The van der Waals surface area contributed by atoms with E-state index >= 15 is 0 Å². The normalized spacial score (nSPS) is 11.9. The third-order valence-electron chi connectivity index (χ3n) is 3.22. The van der Waals surface area contributed by atoms with Gasteiger partial charge in [-0.05, 0) is 38.5 Å². The minimum absolute atomic E-state index is 0.119. The Morgan fingerprint density at radius 2 is 2.00 bits per heavy atom. The summed E-state index contributed by atoms with van der Waals surface area (Å²) in [7, 11) is 0. The van der Waals surface area contributed by atoms with Gasteiger partial charge in [-0.2, -0.15) is 0 Å². The lowest BCUT2D eigenvalue weighted by Crippen LogP contribution is -2.41. The van der Waals surface area contributed by atoms with Gasteiger partial charge in [0, 0.05) is 11.6 Å². The van der Waals surface area contributed by atoms with Crippen molar-refractivity contribution in [3.8, 4) is 0 Å². The molecule has 104 valence electrons. The van der Waals surface area contributed by atoms with Crippen LogP contribution in [-0.4, -0.2) is 21.4 Å². The Bertz CT molecular complexity index is 647.